The highest BCUT2D eigenvalue weighted by Crippen LogP contribution is 2.42. The fourth-order valence-corrected chi connectivity index (χ4v) is 7.68. The van der Waals surface area contributed by atoms with Crippen LogP contribution in [0.3, 0.4) is 0 Å². The van der Waals surface area contributed by atoms with Crippen LogP contribution in [-0.2, 0) is 11.3 Å². The molecule has 6 heterocycles. The number of rotatable bonds is 4. The number of nitrogens with one attached hydrogen (secondary N) is 1. The van der Waals surface area contributed by atoms with Crippen LogP contribution in [0, 0.1) is 18.3 Å². The van der Waals surface area contributed by atoms with Gasteiger partial charge in [0.1, 0.15) is 12.4 Å². The van der Waals surface area contributed by atoms with Gasteiger partial charge in [0.05, 0.1) is 28.9 Å². The van der Waals surface area contributed by atoms with Gasteiger partial charge >= 0.3 is 6.09 Å². The third-order valence-corrected chi connectivity index (χ3v) is 10.6. The van der Waals surface area contributed by atoms with Gasteiger partial charge in [0.25, 0.3) is 5.91 Å². The van der Waals surface area contributed by atoms with Gasteiger partial charge in [-0.05, 0) is 106 Å². The molecule has 7 rings (SSSR count). The average Bonchev–Trinajstić information content (AvgIpc) is 3.42. The first-order valence-corrected chi connectivity index (χ1v) is 17.5. The number of piperidine rings is 2. The molecule has 49 heavy (non-hydrogen) atoms. The summed E-state index contributed by atoms with van der Waals surface area (Å²) in [6, 6.07) is 12.0. The minimum atomic E-state index is -0.707. The fraction of sp³-hybridized carbons (Fsp3) is 0.486. The van der Waals surface area contributed by atoms with Gasteiger partial charge < -0.3 is 24.7 Å². The number of benzene rings is 1. The van der Waals surface area contributed by atoms with Crippen LogP contribution in [0.5, 0.6) is 5.75 Å². The Bertz CT molecular complexity index is 1820. The molecule has 0 radical (unpaired) electrons. The summed E-state index contributed by atoms with van der Waals surface area (Å²) in [5.74, 6) is 1.37. The van der Waals surface area contributed by atoms with Crippen molar-refractivity contribution >= 4 is 34.7 Å². The number of amides is 2. The molecular weight excluding hydrogens is 620 g/mol. The first-order chi connectivity index (χ1) is 23.7. The molecule has 2 fully saturated rings. The lowest BCUT2D eigenvalue weighted by molar-refractivity contribution is 0.0645. The first-order valence-electron chi connectivity index (χ1n) is 17.5. The lowest BCUT2D eigenvalue weighted by Gasteiger charge is -2.47. The van der Waals surface area contributed by atoms with E-state index in [1.54, 1.807) is 24.5 Å². The number of primary amides is 1. The number of aryl methyl sites for hydroxylation is 1. The quantitative estimate of drug-likeness (QED) is 0.283. The van der Waals surface area contributed by atoms with Crippen LogP contribution in [0.2, 0.25) is 0 Å². The van der Waals surface area contributed by atoms with Crippen LogP contribution in [-0.4, -0.2) is 82.4 Å². The predicted molar refractivity (Wildman–Crippen MR) is 189 cm³/mol. The van der Waals surface area contributed by atoms with Crippen molar-refractivity contribution < 1.29 is 19.1 Å². The highest BCUT2D eigenvalue weighted by Gasteiger charge is 2.37. The van der Waals surface area contributed by atoms with Gasteiger partial charge in [-0.1, -0.05) is 6.92 Å². The lowest BCUT2D eigenvalue weighted by Crippen LogP contribution is -2.47. The van der Waals surface area contributed by atoms with E-state index in [1.807, 2.05) is 13.0 Å². The minimum Gasteiger partial charge on any atom is -0.493 e. The third kappa shape index (κ3) is 7.34. The van der Waals surface area contributed by atoms with Gasteiger partial charge in [0.2, 0.25) is 5.95 Å². The molecule has 3 aliphatic rings. The van der Waals surface area contributed by atoms with Crippen LogP contribution in [0.4, 0.5) is 16.4 Å². The van der Waals surface area contributed by atoms with Crippen molar-refractivity contribution in [3.05, 3.63) is 60.0 Å². The van der Waals surface area contributed by atoms with Gasteiger partial charge in [-0.25, -0.2) is 9.78 Å². The molecule has 0 unspecified atom stereocenters. The maximum Gasteiger partial charge on any atom is 0.404 e. The molecule has 0 aliphatic carbocycles. The van der Waals surface area contributed by atoms with Gasteiger partial charge in [-0.15, -0.1) is 0 Å². The Labute approximate surface area is 287 Å². The second kappa shape index (κ2) is 14.0. The highest BCUT2D eigenvalue weighted by molar-refractivity contribution is 6.05. The van der Waals surface area contributed by atoms with E-state index >= 15 is 0 Å². The summed E-state index contributed by atoms with van der Waals surface area (Å²) in [6.45, 7) is 10.6. The van der Waals surface area contributed by atoms with Crippen LogP contribution in [0.1, 0.15) is 61.5 Å². The molecule has 1 atom stereocenters. The topological polar surface area (TPSA) is 141 Å². The summed E-state index contributed by atoms with van der Waals surface area (Å²) >= 11 is 0. The number of anilines is 2. The Kier molecular flexibility index (Phi) is 9.40. The zero-order valence-electron chi connectivity index (χ0n) is 28.5. The van der Waals surface area contributed by atoms with Gasteiger partial charge in [0.15, 0.2) is 0 Å². The van der Waals surface area contributed by atoms with Crippen LogP contribution in [0.25, 0.3) is 22.3 Å². The number of carbonyl (C=O) groups excluding carboxylic acids is 2. The van der Waals surface area contributed by atoms with Crippen molar-refractivity contribution in [1.82, 2.24) is 24.4 Å². The van der Waals surface area contributed by atoms with Crippen molar-refractivity contribution in [1.29, 1.82) is 0 Å². The Morgan fingerprint density at radius 2 is 1.88 bits per heavy atom. The van der Waals surface area contributed by atoms with Crippen molar-refractivity contribution in [2.75, 3.05) is 56.2 Å². The number of imidazole rings is 1. The summed E-state index contributed by atoms with van der Waals surface area (Å²) < 4.78 is 13.3. The number of nitrogens with two attached hydrogens (primary N) is 1. The Morgan fingerprint density at radius 3 is 2.67 bits per heavy atom. The minimum absolute atomic E-state index is 0.231. The fourth-order valence-electron chi connectivity index (χ4n) is 7.68. The molecule has 3 aromatic heterocycles. The van der Waals surface area contributed by atoms with Gasteiger partial charge in [0, 0.05) is 55.5 Å². The third-order valence-electron chi connectivity index (χ3n) is 10.6. The predicted octanol–water partition coefficient (Wildman–Crippen LogP) is 5.64. The summed E-state index contributed by atoms with van der Waals surface area (Å²) in [5, 5.41) is 3.15. The lowest BCUT2D eigenvalue weighted by atomic mass is 9.71. The first kappa shape index (κ1) is 32.8. The van der Waals surface area contributed by atoms with Crippen LogP contribution >= 0.6 is 0 Å². The number of aromatic nitrogens is 4. The van der Waals surface area contributed by atoms with E-state index in [1.165, 1.54) is 5.69 Å². The summed E-state index contributed by atoms with van der Waals surface area (Å²) in [6.07, 6.45) is 9.25. The van der Waals surface area contributed by atoms with E-state index in [0.717, 1.165) is 106 Å². The maximum absolute atomic E-state index is 13.8. The number of fused-ring (bicyclic) bond motifs is 7. The maximum atomic E-state index is 13.8. The molecule has 2 saturated heterocycles. The molecule has 258 valence electrons. The largest absolute Gasteiger partial charge is 0.493 e. The van der Waals surface area contributed by atoms with Gasteiger partial charge in [-0.3, -0.25) is 25.0 Å². The second-order valence-electron chi connectivity index (χ2n) is 14.0. The average molecular weight is 667 g/mol. The number of likely N-dealkylation sites (tertiary alicyclic amines) is 1. The Balaban J connectivity index is 1.11. The Hall–Kier alpha value is -4.71. The van der Waals surface area contributed by atoms with E-state index in [-0.39, 0.29) is 5.91 Å². The smallest absolute Gasteiger partial charge is 0.404 e. The highest BCUT2D eigenvalue weighted by atomic mass is 16.5. The standard InChI is InChI=1S/C37H46N8O4/c1-25-4-3-18-48-33-7-12-39-23-29(33)31-21-27(20-26(2)40-31)34(46)42-36-41-30-6-5-28(22-32(30)45(36)24-25)44-15-10-37(11-16-44)8-13-43(14-9-37)17-19-49-35(38)47/h5-7,12,20-23,25H,3-4,8-11,13-19,24H2,1-2H3,(H2,38,47)(H,41,42,46)/t25-/m1/s1. The van der Waals surface area contributed by atoms with E-state index < -0.39 is 6.09 Å². The van der Waals surface area contributed by atoms with Crippen LogP contribution in [0.15, 0.2) is 48.8 Å². The van der Waals surface area contributed by atoms with Crippen molar-refractivity contribution in [2.24, 2.45) is 17.1 Å². The zero-order valence-corrected chi connectivity index (χ0v) is 28.5. The summed E-state index contributed by atoms with van der Waals surface area (Å²) in [7, 11) is 0. The van der Waals surface area contributed by atoms with Crippen molar-refractivity contribution in [3.63, 3.8) is 0 Å². The molecule has 4 aromatic rings. The summed E-state index contributed by atoms with van der Waals surface area (Å²) in [4.78, 5) is 43.5. The molecule has 3 aliphatic heterocycles. The SMILES string of the molecule is Cc1cc2cc(n1)-c1cnccc1OCCC[C@@H](C)Cn1c(nc3ccc(N4CCC5(CCN(CCOC(N)=O)CC5)CC4)cc31)NC2=O. The molecule has 12 nitrogen and oxygen atoms in total. The van der Waals surface area contributed by atoms with E-state index in [0.29, 0.717) is 41.8 Å². The number of ether oxygens (including phenoxy) is 2. The molecule has 2 bridgehead atoms. The molecule has 1 spiro atoms. The normalized spacial score (nSPS) is 20.0. The zero-order chi connectivity index (χ0) is 34.0. The molecule has 1 aromatic carbocycles. The van der Waals surface area contributed by atoms with Crippen LogP contribution < -0.4 is 20.7 Å². The Morgan fingerprint density at radius 1 is 1.08 bits per heavy atom. The number of hydrogen-bond acceptors (Lipinski definition) is 9. The molecular formula is C37H46N8O4. The number of nitrogens with zero attached hydrogens (tertiary/aromatic N) is 6. The van der Waals surface area contributed by atoms with Crippen molar-refractivity contribution in [3.8, 4) is 17.0 Å². The molecule has 2 amide bonds. The summed E-state index contributed by atoms with van der Waals surface area (Å²) in [5.41, 5.74) is 11.2. The van der Waals surface area contributed by atoms with E-state index in [2.05, 4.69) is 49.8 Å². The number of carbonyl (C=O) groups is 2. The number of hydrogen-bond donors (Lipinski definition) is 2. The molecule has 12 heteroatoms. The second-order valence-corrected chi connectivity index (χ2v) is 14.0. The van der Waals surface area contributed by atoms with E-state index in [4.69, 9.17) is 25.2 Å². The molecule has 3 N–H and O–H groups in total. The van der Waals surface area contributed by atoms with Gasteiger partial charge in [-0.2, -0.15) is 0 Å². The van der Waals surface area contributed by atoms with Crippen molar-refractivity contribution in [2.45, 2.75) is 58.9 Å². The molecule has 0 saturated carbocycles. The van der Waals surface area contributed by atoms with E-state index in [9.17, 15) is 9.59 Å². The monoisotopic (exact) mass is 666 g/mol. The number of pyridine rings is 2.